The van der Waals surface area contributed by atoms with Gasteiger partial charge >= 0.3 is 11.8 Å². The Morgan fingerprint density at radius 2 is 1.76 bits per heavy atom. The van der Waals surface area contributed by atoms with E-state index in [2.05, 4.69) is 10.6 Å². The maximum Gasteiger partial charge on any atom is 0.408 e. The number of carbonyl (C=O) groups excluding carboxylic acids is 3. The second kappa shape index (κ2) is 11.6. The summed E-state index contributed by atoms with van der Waals surface area (Å²) in [5, 5.41) is 15.8. The lowest BCUT2D eigenvalue weighted by molar-refractivity contribution is -0.387. The molecule has 0 saturated carbocycles. The molecule has 0 aromatic heterocycles. The fourth-order valence-corrected chi connectivity index (χ4v) is 2.97. The summed E-state index contributed by atoms with van der Waals surface area (Å²) < 4.78 is 18.7. The van der Waals surface area contributed by atoms with E-state index in [0.29, 0.717) is 0 Å². The van der Waals surface area contributed by atoms with Crippen molar-refractivity contribution in [1.82, 2.24) is 10.6 Å². The first-order valence-electron chi connectivity index (χ1n) is 10.1. The average molecular weight is 460 g/mol. The van der Waals surface area contributed by atoms with E-state index in [1.807, 2.05) is 6.07 Å². The minimum atomic E-state index is -1.24. The highest BCUT2D eigenvalue weighted by Gasteiger charge is 2.29. The smallest absolute Gasteiger partial charge is 0.408 e. The van der Waals surface area contributed by atoms with Crippen molar-refractivity contribution < 1.29 is 28.4 Å². The minimum absolute atomic E-state index is 0.00631. The van der Waals surface area contributed by atoms with Gasteiger partial charge in [-0.15, -0.1) is 0 Å². The SMILES string of the molecule is CC(C)[C@@H](NC(=O)OCc1ccccc1)C(=O)N[C@@H](Cc1ccc(F)c([N+](=O)[O-])c1)C(N)=O. The average Bonchev–Trinajstić information content (AvgIpc) is 2.76. The van der Waals surface area contributed by atoms with Gasteiger partial charge in [0, 0.05) is 12.5 Å². The fraction of sp³-hybridized carbons (Fsp3) is 0.318. The molecular weight excluding hydrogens is 435 g/mol. The van der Waals surface area contributed by atoms with Crippen LogP contribution in [0.3, 0.4) is 0 Å². The normalized spacial score (nSPS) is 12.5. The summed E-state index contributed by atoms with van der Waals surface area (Å²) in [7, 11) is 0. The van der Waals surface area contributed by atoms with Gasteiger partial charge in [-0.3, -0.25) is 19.7 Å². The van der Waals surface area contributed by atoms with Gasteiger partial charge < -0.3 is 21.1 Å². The number of nitrogens with one attached hydrogen (secondary N) is 2. The number of nitro groups is 1. The van der Waals surface area contributed by atoms with Crippen LogP contribution in [0.5, 0.6) is 0 Å². The molecule has 10 nitrogen and oxygen atoms in total. The molecule has 0 aliphatic heterocycles. The predicted molar refractivity (Wildman–Crippen MR) is 116 cm³/mol. The maximum atomic E-state index is 13.6. The fourth-order valence-electron chi connectivity index (χ4n) is 2.97. The number of nitrogens with two attached hydrogens (primary N) is 1. The third-order valence-electron chi connectivity index (χ3n) is 4.74. The highest BCUT2D eigenvalue weighted by Crippen LogP contribution is 2.19. The summed E-state index contributed by atoms with van der Waals surface area (Å²) in [6, 6.07) is 9.79. The zero-order valence-corrected chi connectivity index (χ0v) is 18.1. The van der Waals surface area contributed by atoms with Crippen molar-refractivity contribution in [3.63, 3.8) is 0 Å². The number of carbonyl (C=O) groups is 3. The number of amides is 3. The van der Waals surface area contributed by atoms with Crippen molar-refractivity contribution >= 4 is 23.6 Å². The van der Waals surface area contributed by atoms with Crippen molar-refractivity contribution in [3.05, 3.63) is 75.6 Å². The van der Waals surface area contributed by atoms with Crippen molar-refractivity contribution in [1.29, 1.82) is 0 Å². The lowest BCUT2D eigenvalue weighted by Gasteiger charge is -2.24. The summed E-state index contributed by atoms with van der Waals surface area (Å²) in [6.45, 7) is 3.38. The van der Waals surface area contributed by atoms with Crippen LogP contribution in [0.25, 0.3) is 0 Å². The summed E-state index contributed by atoms with van der Waals surface area (Å²) in [5.74, 6) is -2.98. The van der Waals surface area contributed by atoms with Crippen LogP contribution < -0.4 is 16.4 Å². The van der Waals surface area contributed by atoms with Gasteiger partial charge in [0.15, 0.2) is 0 Å². The number of rotatable bonds is 10. The quantitative estimate of drug-likeness (QED) is 0.365. The summed E-state index contributed by atoms with van der Waals surface area (Å²) >= 11 is 0. The first-order valence-corrected chi connectivity index (χ1v) is 10.1. The number of hydrogen-bond donors (Lipinski definition) is 3. The maximum absolute atomic E-state index is 13.6. The number of benzene rings is 2. The van der Waals surface area contributed by atoms with Crippen LogP contribution in [-0.4, -0.2) is 34.9 Å². The van der Waals surface area contributed by atoms with Crippen LogP contribution in [0, 0.1) is 21.8 Å². The number of nitrogens with zero attached hydrogens (tertiary/aromatic N) is 1. The molecule has 0 saturated heterocycles. The Labute approximate surface area is 189 Å². The number of ether oxygens (including phenoxy) is 1. The molecule has 0 radical (unpaired) electrons. The zero-order valence-electron chi connectivity index (χ0n) is 18.1. The Kier molecular flexibility index (Phi) is 8.84. The lowest BCUT2D eigenvalue weighted by atomic mass is 10.0. The molecule has 0 unspecified atom stereocenters. The van der Waals surface area contributed by atoms with Gasteiger partial charge in [0.05, 0.1) is 4.92 Å². The molecule has 0 heterocycles. The van der Waals surface area contributed by atoms with Crippen LogP contribution >= 0.6 is 0 Å². The standard InChI is InChI=1S/C22H25FN4O6/c1-13(2)19(26-22(30)33-12-14-6-4-3-5-7-14)21(29)25-17(20(24)28)10-15-8-9-16(23)18(11-15)27(31)32/h3-9,11,13,17,19H,10,12H2,1-2H3,(H2,24,28)(H,25,29)(H,26,30)/t17-,19+/m0/s1. The molecule has 2 rings (SSSR count). The number of nitro benzene ring substituents is 1. The Balaban J connectivity index is 2.05. The Bertz CT molecular complexity index is 1020. The van der Waals surface area contributed by atoms with Gasteiger partial charge in [0.25, 0.3) is 0 Å². The van der Waals surface area contributed by atoms with Crippen molar-refractivity contribution in [3.8, 4) is 0 Å². The first-order chi connectivity index (χ1) is 15.6. The molecule has 3 amide bonds. The summed E-state index contributed by atoms with van der Waals surface area (Å²) in [6.07, 6.45) is -1.02. The molecule has 2 atom stereocenters. The lowest BCUT2D eigenvalue weighted by Crippen LogP contribution is -2.55. The van der Waals surface area contributed by atoms with E-state index in [1.165, 1.54) is 6.07 Å². The zero-order chi connectivity index (χ0) is 24.5. The molecule has 2 aromatic rings. The number of primary amides is 1. The van der Waals surface area contributed by atoms with Crippen LogP contribution in [-0.2, 0) is 27.4 Å². The van der Waals surface area contributed by atoms with Crippen LogP contribution in [0.15, 0.2) is 48.5 Å². The van der Waals surface area contributed by atoms with Crippen molar-refractivity contribution in [2.45, 2.75) is 39.0 Å². The molecule has 0 bridgehead atoms. The van der Waals surface area contributed by atoms with E-state index < -0.39 is 46.4 Å². The Hall–Kier alpha value is -4.02. The van der Waals surface area contributed by atoms with E-state index in [9.17, 15) is 28.9 Å². The molecule has 0 aliphatic carbocycles. The van der Waals surface area contributed by atoms with E-state index >= 15 is 0 Å². The largest absolute Gasteiger partial charge is 0.445 e. The highest BCUT2D eigenvalue weighted by molar-refractivity contribution is 5.91. The van der Waals surface area contributed by atoms with E-state index in [-0.39, 0.29) is 24.5 Å². The van der Waals surface area contributed by atoms with Crippen LogP contribution in [0.1, 0.15) is 25.0 Å². The molecule has 11 heteroatoms. The molecule has 0 aliphatic rings. The van der Waals surface area contributed by atoms with Gasteiger partial charge in [-0.25, -0.2) is 4.79 Å². The van der Waals surface area contributed by atoms with Gasteiger partial charge in [-0.1, -0.05) is 50.2 Å². The molecule has 33 heavy (non-hydrogen) atoms. The van der Waals surface area contributed by atoms with E-state index in [4.69, 9.17) is 10.5 Å². The van der Waals surface area contributed by atoms with Crippen LogP contribution in [0.4, 0.5) is 14.9 Å². The van der Waals surface area contributed by atoms with Crippen LogP contribution in [0.2, 0.25) is 0 Å². The minimum Gasteiger partial charge on any atom is -0.445 e. The van der Waals surface area contributed by atoms with E-state index in [1.54, 1.807) is 38.1 Å². The Morgan fingerprint density at radius 1 is 1.09 bits per heavy atom. The molecule has 176 valence electrons. The number of halogens is 1. The van der Waals surface area contributed by atoms with Gasteiger partial charge in [0.2, 0.25) is 17.6 Å². The highest BCUT2D eigenvalue weighted by atomic mass is 19.1. The first kappa shape index (κ1) is 25.2. The molecule has 2 aromatic carbocycles. The number of hydrogen-bond acceptors (Lipinski definition) is 6. The van der Waals surface area contributed by atoms with Crippen molar-refractivity contribution in [2.75, 3.05) is 0 Å². The molecule has 0 fully saturated rings. The second-order valence-electron chi connectivity index (χ2n) is 7.64. The molecule has 4 N–H and O–H groups in total. The second-order valence-corrected chi connectivity index (χ2v) is 7.64. The molecule has 0 spiro atoms. The van der Waals surface area contributed by atoms with Crippen molar-refractivity contribution in [2.24, 2.45) is 11.7 Å². The topological polar surface area (TPSA) is 154 Å². The monoisotopic (exact) mass is 460 g/mol. The third-order valence-corrected chi connectivity index (χ3v) is 4.74. The van der Waals surface area contributed by atoms with Gasteiger partial charge in [-0.05, 0) is 23.1 Å². The van der Waals surface area contributed by atoms with Gasteiger partial charge in [0.1, 0.15) is 18.7 Å². The van der Waals surface area contributed by atoms with E-state index in [0.717, 1.165) is 17.7 Å². The summed E-state index contributed by atoms with van der Waals surface area (Å²) in [4.78, 5) is 46.9. The summed E-state index contributed by atoms with van der Waals surface area (Å²) in [5.41, 5.74) is 5.61. The Morgan fingerprint density at radius 3 is 2.33 bits per heavy atom. The third kappa shape index (κ3) is 7.56. The van der Waals surface area contributed by atoms with Gasteiger partial charge in [-0.2, -0.15) is 4.39 Å². The predicted octanol–water partition coefficient (Wildman–Crippen LogP) is 2.20. The molecular formula is C22H25FN4O6. The number of alkyl carbamates (subject to hydrolysis) is 1.